The molecule has 1 N–H and O–H groups in total. The van der Waals surface area contributed by atoms with Crippen molar-refractivity contribution in [1.29, 1.82) is 0 Å². The number of hydrogen-bond acceptors (Lipinski definition) is 5. The summed E-state index contributed by atoms with van der Waals surface area (Å²) >= 11 is 11.6. The van der Waals surface area contributed by atoms with Crippen molar-refractivity contribution in [2.45, 2.75) is 6.92 Å². The highest BCUT2D eigenvalue weighted by Gasteiger charge is 2.22. The SMILES string of the molecule is Cc1nc(Cl)nc(Nc2cc(F)ccc2Cl)c1[N+](=O)[O-]. The Kier molecular flexibility index (Phi) is 4.01. The Hall–Kier alpha value is -1.99. The molecule has 0 aliphatic rings. The van der Waals surface area contributed by atoms with E-state index in [4.69, 9.17) is 23.2 Å². The van der Waals surface area contributed by atoms with Crippen molar-refractivity contribution in [2.75, 3.05) is 5.32 Å². The van der Waals surface area contributed by atoms with Crippen LogP contribution in [0, 0.1) is 22.9 Å². The zero-order chi connectivity index (χ0) is 14.9. The van der Waals surface area contributed by atoms with Crippen molar-refractivity contribution in [1.82, 2.24) is 9.97 Å². The van der Waals surface area contributed by atoms with Crippen LogP contribution in [0.4, 0.5) is 21.6 Å². The number of rotatable bonds is 3. The fraction of sp³-hybridized carbons (Fsp3) is 0.0909. The van der Waals surface area contributed by atoms with Crippen LogP contribution >= 0.6 is 23.2 Å². The number of aryl methyl sites for hydroxylation is 1. The summed E-state index contributed by atoms with van der Waals surface area (Å²) in [6, 6.07) is 3.58. The zero-order valence-electron chi connectivity index (χ0n) is 10.0. The van der Waals surface area contributed by atoms with Gasteiger partial charge in [-0.25, -0.2) is 9.37 Å². The maximum absolute atomic E-state index is 13.2. The molecular formula is C11H7Cl2FN4O2. The second-order valence-electron chi connectivity index (χ2n) is 3.78. The zero-order valence-corrected chi connectivity index (χ0v) is 11.5. The van der Waals surface area contributed by atoms with Gasteiger partial charge in [0.05, 0.1) is 15.6 Å². The number of halogens is 3. The first kappa shape index (κ1) is 14.4. The molecule has 2 rings (SSSR count). The highest BCUT2D eigenvalue weighted by atomic mass is 35.5. The predicted octanol–water partition coefficient (Wildman–Crippen LogP) is 3.88. The minimum atomic E-state index is -0.652. The summed E-state index contributed by atoms with van der Waals surface area (Å²) < 4.78 is 13.2. The van der Waals surface area contributed by atoms with E-state index in [9.17, 15) is 14.5 Å². The van der Waals surface area contributed by atoms with Crippen LogP contribution in [0.2, 0.25) is 10.3 Å². The molecule has 1 heterocycles. The normalized spacial score (nSPS) is 10.4. The van der Waals surface area contributed by atoms with E-state index in [1.165, 1.54) is 19.1 Å². The lowest BCUT2D eigenvalue weighted by molar-refractivity contribution is -0.385. The van der Waals surface area contributed by atoms with E-state index in [0.29, 0.717) is 0 Å². The fourth-order valence-electron chi connectivity index (χ4n) is 1.56. The molecule has 104 valence electrons. The van der Waals surface area contributed by atoms with Gasteiger partial charge in [-0.3, -0.25) is 10.1 Å². The van der Waals surface area contributed by atoms with Crippen LogP contribution < -0.4 is 5.32 Å². The molecule has 20 heavy (non-hydrogen) atoms. The molecule has 0 aliphatic carbocycles. The van der Waals surface area contributed by atoms with E-state index in [0.717, 1.165) is 6.07 Å². The van der Waals surface area contributed by atoms with Gasteiger partial charge >= 0.3 is 5.69 Å². The minimum Gasteiger partial charge on any atom is -0.333 e. The molecule has 0 saturated carbocycles. The average Bonchev–Trinajstić information content (AvgIpc) is 2.32. The van der Waals surface area contributed by atoms with Crippen molar-refractivity contribution >= 4 is 40.4 Å². The van der Waals surface area contributed by atoms with Crippen LogP contribution in [-0.4, -0.2) is 14.9 Å². The molecule has 0 atom stereocenters. The van der Waals surface area contributed by atoms with Gasteiger partial charge in [0.15, 0.2) is 0 Å². The maximum atomic E-state index is 13.2. The quantitative estimate of drug-likeness (QED) is 0.528. The lowest BCUT2D eigenvalue weighted by Crippen LogP contribution is -2.04. The van der Waals surface area contributed by atoms with Crippen molar-refractivity contribution in [3.05, 3.63) is 50.1 Å². The van der Waals surface area contributed by atoms with Crippen molar-refractivity contribution in [2.24, 2.45) is 0 Å². The smallest absolute Gasteiger partial charge is 0.332 e. The second kappa shape index (κ2) is 5.56. The molecule has 2 aromatic rings. The number of nitrogens with one attached hydrogen (secondary N) is 1. The molecule has 0 fully saturated rings. The Morgan fingerprint density at radius 1 is 1.35 bits per heavy atom. The maximum Gasteiger partial charge on any atom is 0.332 e. The standard InChI is InChI=1S/C11H7Cl2FN4O2/c1-5-9(18(19)20)10(17-11(13)15-5)16-8-4-6(14)2-3-7(8)12/h2-4H,1H3,(H,15,16,17). The van der Waals surface area contributed by atoms with Gasteiger partial charge in [-0.1, -0.05) is 11.6 Å². The molecule has 0 bridgehead atoms. The van der Waals surface area contributed by atoms with E-state index in [1.54, 1.807) is 0 Å². The van der Waals surface area contributed by atoms with Gasteiger partial charge < -0.3 is 5.32 Å². The molecule has 1 aromatic heterocycles. The lowest BCUT2D eigenvalue weighted by Gasteiger charge is -2.09. The number of hydrogen-bond donors (Lipinski definition) is 1. The summed E-state index contributed by atoms with van der Waals surface area (Å²) in [6.45, 7) is 1.42. The number of nitrogens with zero attached hydrogens (tertiary/aromatic N) is 3. The number of aromatic nitrogens is 2. The summed E-state index contributed by atoms with van der Waals surface area (Å²) in [5.41, 5.74) is -0.122. The van der Waals surface area contributed by atoms with Gasteiger partial charge in [0.2, 0.25) is 11.1 Å². The lowest BCUT2D eigenvalue weighted by atomic mass is 10.3. The van der Waals surface area contributed by atoms with E-state index in [-0.39, 0.29) is 33.2 Å². The van der Waals surface area contributed by atoms with Gasteiger partial charge in [0, 0.05) is 0 Å². The van der Waals surface area contributed by atoms with Crippen LogP contribution in [0.3, 0.4) is 0 Å². The van der Waals surface area contributed by atoms with Crippen LogP contribution in [-0.2, 0) is 0 Å². The first-order valence-corrected chi connectivity index (χ1v) is 6.04. The highest BCUT2D eigenvalue weighted by molar-refractivity contribution is 6.33. The molecule has 0 radical (unpaired) electrons. The monoisotopic (exact) mass is 316 g/mol. The highest BCUT2D eigenvalue weighted by Crippen LogP contribution is 2.32. The van der Waals surface area contributed by atoms with Gasteiger partial charge in [-0.15, -0.1) is 0 Å². The molecule has 6 nitrogen and oxygen atoms in total. The molecule has 0 spiro atoms. The van der Waals surface area contributed by atoms with E-state index in [1.807, 2.05) is 0 Å². The molecule has 9 heteroatoms. The Bertz CT molecular complexity index is 696. The van der Waals surface area contributed by atoms with Crippen LogP contribution in [0.15, 0.2) is 18.2 Å². The van der Waals surface area contributed by atoms with Gasteiger partial charge in [0.25, 0.3) is 0 Å². The number of benzene rings is 1. The Morgan fingerprint density at radius 2 is 2.05 bits per heavy atom. The van der Waals surface area contributed by atoms with Crippen LogP contribution in [0.1, 0.15) is 5.69 Å². The fourth-order valence-corrected chi connectivity index (χ4v) is 1.94. The van der Waals surface area contributed by atoms with E-state index < -0.39 is 10.7 Å². The van der Waals surface area contributed by atoms with Crippen molar-refractivity contribution < 1.29 is 9.31 Å². The summed E-state index contributed by atoms with van der Waals surface area (Å²) in [6.07, 6.45) is 0. The number of anilines is 2. The van der Waals surface area contributed by atoms with Crippen molar-refractivity contribution in [3.8, 4) is 0 Å². The second-order valence-corrected chi connectivity index (χ2v) is 4.53. The molecule has 1 aromatic carbocycles. The van der Waals surface area contributed by atoms with Gasteiger partial charge in [-0.05, 0) is 36.7 Å². The molecule has 0 amide bonds. The summed E-state index contributed by atoms with van der Waals surface area (Å²) in [4.78, 5) is 17.8. The number of nitro groups is 1. The Labute approximate surface area is 122 Å². The predicted molar refractivity (Wildman–Crippen MR) is 73.1 cm³/mol. The van der Waals surface area contributed by atoms with Crippen LogP contribution in [0.5, 0.6) is 0 Å². The van der Waals surface area contributed by atoms with Crippen molar-refractivity contribution in [3.63, 3.8) is 0 Å². The third kappa shape index (κ3) is 2.94. The molecule has 0 saturated heterocycles. The summed E-state index contributed by atoms with van der Waals surface area (Å²) in [5.74, 6) is -0.698. The molecule has 0 unspecified atom stereocenters. The first-order valence-electron chi connectivity index (χ1n) is 5.29. The van der Waals surface area contributed by atoms with Gasteiger partial charge in [0.1, 0.15) is 11.5 Å². The van der Waals surface area contributed by atoms with Gasteiger partial charge in [-0.2, -0.15) is 4.98 Å². The van der Waals surface area contributed by atoms with E-state index >= 15 is 0 Å². The minimum absolute atomic E-state index is 0.0880. The Balaban J connectivity index is 2.53. The summed E-state index contributed by atoms with van der Waals surface area (Å²) in [7, 11) is 0. The average molecular weight is 317 g/mol. The topological polar surface area (TPSA) is 81.0 Å². The largest absolute Gasteiger partial charge is 0.333 e. The third-order valence-corrected chi connectivity index (χ3v) is 2.89. The first-order chi connectivity index (χ1) is 9.38. The van der Waals surface area contributed by atoms with E-state index in [2.05, 4.69) is 15.3 Å². The Morgan fingerprint density at radius 3 is 2.70 bits per heavy atom. The molecular weight excluding hydrogens is 310 g/mol. The van der Waals surface area contributed by atoms with Crippen LogP contribution in [0.25, 0.3) is 0 Å². The third-order valence-electron chi connectivity index (χ3n) is 2.40. The summed E-state index contributed by atoms with van der Waals surface area (Å²) in [5, 5.41) is 13.7. The molecule has 0 aliphatic heterocycles.